The molecule has 0 amide bonds. The zero-order valence-electron chi connectivity index (χ0n) is 4.32. The molecule has 2 heteroatoms. The molecule has 0 spiro atoms. The fraction of sp³-hybridized carbons (Fsp3) is 0.800. The van der Waals surface area contributed by atoms with E-state index in [0.29, 0.717) is 6.07 Å². The zero-order chi connectivity index (χ0) is 5.54. The second-order valence-corrected chi connectivity index (χ2v) is 1.44. The number of unbranched alkanes of at least 4 members (excludes halogenated alkanes) is 1. The largest absolute Gasteiger partial charge is 0.366 e. The lowest BCUT2D eigenvalue weighted by Crippen LogP contribution is -1.89. The molecule has 0 aromatic rings. The van der Waals surface area contributed by atoms with Crippen LogP contribution in [0.25, 0.3) is 0 Å². The normalized spacial score (nSPS) is 9.43. The summed E-state index contributed by atoms with van der Waals surface area (Å²) in [7, 11) is 0. The molecule has 0 saturated heterocycles. The maximum absolute atomic E-state index is 5.19. The summed E-state index contributed by atoms with van der Waals surface area (Å²) in [5, 5.41) is 0. The highest BCUT2D eigenvalue weighted by molar-refractivity contribution is 6.17. The van der Waals surface area contributed by atoms with Gasteiger partial charge < -0.3 is 4.74 Å². The number of halogens is 1. The van der Waals surface area contributed by atoms with Crippen molar-refractivity contribution in [3.05, 3.63) is 6.92 Å². The Labute approximate surface area is 49.6 Å². The minimum atomic E-state index is 0.306. The third kappa shape index (κ3) is 6.25. The van der Waals surface area contributed by atoms with Crippen molar-refractivity contribution in [3.63, 3.8) is 0 Å². The Bertz CT molecular complexity index is 27.3. The van der Waals surface area contributed by atoms with Gasteiger partial charge in [0, 0.05) is 6.61 Å². The first-order valence-corrected chi connectivity index (χ1v) is 2.88. The Morgan fingerprint density at radius 1 is 1.57 bits per heavy atom. The van der Waals surface area contributed by atoms with Crippen molar-refractivity contribution >= 4 is 11.6 Å². The molecule has 7 heavy (non-hydrogen) atoms. The van der Waals surface area contributed by atoms with E-state index >= 15 is 0 Å². The Balaban J connectivity index is 2.45. The quantitative estimate of drug-likeness (QED) is 0.407. The van der Waals surface area contributed by atoms with Gasteiger partial charge in [0.25, 0.3) is 0 Å². The zero-order valence-corrected chi connectivity index (χ0v) is 5.08. The number of hydrogen-bond acceptors (Lipinski definition) is 1. The minimum absolute atomic E-state index is 0.306. The first-order valence-electron chi connectivity index (χ1n) is 2.34. The lowest BCUT2D eigenvalue weighted by Gasteiger charge is -1.93. The van der Waals surface area contributed by atoms with Crippen LogP contribution in [0.5, 0.6) is 0 Å². The van der Waals surface area contributed by atoms with Crippen LogP contribution in [0.4, 0.5) is 0 Å². The van der Waals surface area contributed by atoms with Gasteiger partial charge in [-0.3, -0.25) is 0 Å². The highest BCUT2D eigenvalue weighted by Gasteiger charge is 1.79. The van der Waals surface area contributed by atoms with Gasteiger partial charge in [0.2, 0.25) is 0 Å². The molecule has 0 N–H and O–H groups in total. The fourth-order valence-corrected chi connectivity index (χ4v) is 0.368. The molecule has 0 saturated carbocycles. The number of rotatable bonds is 4. The van der Waals surface area contributed by atoms with E-state index in [1.807, 2.05) is 0 Å². The van der Waals surface area contributed by atoms with Gasteiger partial charge in [0.05, 0.1) is 0 Å². The van der Waals surface area contributed by atoms with E-state index in [0.717, 1.165) is 19.4 Å². The SMILES string of the molecule is [CH2]CCCOCCl. The predicted octanol–water partition coefficient (Wildman–Crippen LogP) is 1.81. The molecule has 0 aromatic heterocycles. The first kappa shape index (κ1) is 7.25. The molecule has 0 aliphatic rings. The summed E-state index contributed by atoms with van der Waals surface area (Å²) in [6.07, 6.45) is 1.93. The van der Waals surface area contributed by atoms with Crippen molar-refractivity contribution in [2.75, 3.05) is 12.7 Å². The highest BCUT2D eigenvalue weighted by atomic mass is 35.5. The van der Waals surface area contributed by atoms with Crippen molar-refractivity contribution in [2.45, 2.75) is 12.8 Å². The van der Waals surface area contributed by atoms with Crippen LogP contribution < -0.4 is 0 Å². The van der Waals surface area contributed by atoms with E-state index in [9.17, 15) is 0 Å². The molecule has 0 rings (SSSR count). The number of hydrogen-bond donors (Lipinski definition) is 0. The minimum Gasteiger partial charge on any atom is -0.366 e. The average Bonchev–Trinajstić information content (AvgIpc) is 1.69. The molecule has 0 bridgehead atoms. The summed E-state index contributed by atoms with van der Waals surface area (Å²) in [6.45, 7) is 4.38. The van der Waals surface area contributed by atoms with Crippen LogP contribution in [0, 0.1) is 6.92 Å². The molecule has 1 nitrogen and oxygen atoms in total. The molecule has 0 aliphatic carbocycles. The lowest BCUT2D eigenvalue weighted by molar-refractivity contribution is 0.176. The lowest BCUT2D eigenvalue weighted by atomic mass is 10.4. The molecular formula is C5H10ClO. The van der Waals surface area contributed by atoms with Crippen LogP contribution >= 0.6 is 11.6 Å². The van der Waals surface area contributed by atoms with Crippen LogP contribution in [0.1, 0.15) is 12.8 Å². The second-order valence-electron chi connectivity index (χ2n) is 1.22. The highest BCUT2D eigenvalue weighted by Crippen LogP contribution is 1.87. The molecule has 0 unspecified atom stereocenters. The predicted molar refractivity (Wildman–Crippen MR) is 31.3 cm³/mol. The van der Waals surface area contributed by atoms with Gasteiger partial charge in [-0.05, 0) is 6.42 Å². The Morgan fingerprint density at radius 2 is 2.29 bits per heavy atom. The van der Waals surface area contributed by atoms with Crippen LogP contribution in [-0.4, -0.2) is 12.7 Å². The van der Waals surface area contributed by atoms with E-state index < -0.39 is 0 Å². The van der Waals surface area contributed by atoms with Crippen molar-refractivity contribution in [1.29, 1.82) is 0 Å². The molecule has 0 aliphatic heterocycles. The van der Waals surface area contributed by atoms with Gasteiger partial charge in [-0.2, -0.15) is 0 Å². The smallest absolute Gasteiger partial charge is 0.120 e. The first-order chi connectivity index (χ1) is 3.41. The van der Waals surface area contributed by atoms with E-state index in [2.05, 4.69) is 6.92 Å². The Kier molecular flexibility index (Phi) is 6.47. The summed E-state index contributed by atoms with van der Waals surface area (Å²) >= 11 is 5.19. The maximum Gasteiger partial charge on any atom is 0.120 e. The van der Waals surface area contributed by atoms with Gasteiger partial charge in [0.1, 0.15) is 6.07 Å². The average molecular weight is 122 g/mol. The molecule has 0 aromatic carbocycles. The van der Waals surface area contributed by atoms with Gasteiger partial charge in [-0.15, -0.1) is 0 Å². The van der Waals surface area contributed by atoms with Crippen molar-refractivity contribution in [2.24, 2.45) is 0 Å². The monoisotopic (exact) mass is 121 g/mol. The molecule has 1 radical (unpaired) electrons. The van der Waals surface area contributed by atoms with Gasteiger partial charge >= 0.3 is 0 Å². The van der Waals surface area contributed by atoms with Crippen LogP contribution in [0.2, 0.25) is 0 Å². The maximum atomic E-state index is 5.19. The summed E-state index contributed by atoms with van der Waals surface area (Å²) in [4.78, 5) is 0. The van der Waals surface area contributed by atoms with Gasteiger partial charge in [0.15, 0.2) is 0 Å². The van der Waals surface area contributed by atoms with Crippen LogP contribution in [0.15, 0.2) is 0 Å². The van der Waals surface area contributed by atoms with Gasteiger partial charge in [-0.25, -0.2) is 0 Å². The summed E-state index contributed by atoms with van der Waals surface area (Å²) in [6, 6.07) is 0.306. The van der Waals surface area contributed by atoms with Crippen LogP contribution in [-0.2, 0) is 4.74 Å². The Morgan fingerprint density at radius 3 is 2.71 bits per heavy atom. The van der Waals surface area contributed by atoms with Crippen molar-refractivity contribution in [3.8, 4) is 0 Å². The van der Waals surface area contributed by atoms with Crippen LogP contribution in [0.3, 0.4) is 0 Å². The summed E-state index contributed by atoms with van der Waals surface area (Å²) < 4.78 is 4.80. The van der Waals surface area contributed by atoms with E-state index in [4.69, 9.17) is 16.3 Å². The van der Waals surface area contributed by atoms with Gasteiger partial charge in [-0.1, -0.05) is 24.9 Å². The topological polar surface area (TPSA) is 9.23 Å². The Hall–Kier alpha value is 0.250. The third-order valence-corrected chi connectivity index (χ3v) is 0.770. The third-order valence-electron chi connectivity index (χ3n) is 0.616. The van der Waals surface area contributed by atoms with E-state index in [1.165, 1.54) is 0 Å². The van der Waals surface area contributed by atoms with Crippen molar-refractivity contribution < 1.29 is 4.74 Å². The second kappa shape index (κ2) is 6.25. The van der Waals surface area contributed by atoms with Crippen molar-refractivity contribution in [1.82, 2.24) is 0 Å². The number of ether oxygens (including phenoxy) is 1. The molecule has 0 atom stereocenters. The summed E-state index contributed by atoms with van der Waals surface area (Å²) in [5.74, 6) is 0. The molecule has 0 fully saturated rings. The fourth-order valence-electron chi connectivity index (χ4n) is 0.259. The number of alkyl halides is 1. The molecular weight excluding hydrogens is 112 g/mol. The molecule has 0 heterocycles. The summed E-state index contributed by atoms with van der Waals surface area (Å²) in [5.41, 5.74) is 0. The standard InChI is InChI=1S/C5H10ClO/c1-2-3-4-7-5-6/h1-5H2. The molecule has 43 valence electrons. The van der Waals surface area contributed by atoms with E-state index in [1.54, 1.807) is 0 Å². The van der Waals surface area contributed by atoms with E-state index in [-0.39, 0.29) is 0 Å².